The van der Waals surface area contributed by atoms with Gasteiger partial charge in [0, 0.05) is 5.57 Å². The highest BCUT2D eigenvalue weighted by molar-refractivity contribution is 6.72. The van der Waals surface area contributed by atoms with Gasteiger partial charge in [-0.15, -0.1) is 0 Å². The highest BCUT2D eigenvalue weighted by atomic mass is 28.4. The maximum Gasteiger partial charge on any atom is 0.333 e. The van der Waals surface area contributed by atoms with Crippen LogP contribution in [-0.2, 0) is 18.4 Å². The fraction of sp³-hybridized carbons (Fsp3) is 0.842. The predicted octanol–water partition coefficient (Wildman–Crippen LogP) is 6.11. The summed E-state index contributed by atoms with van der Waals surface area (Å²) in [6.45, 7) is 20.9. The molecule has 0 aromatic rings. The van der Waals surface area contributed by atoms with E-state index < -0.39 is 22.4 Å². The van der Waals surface area contributed by atoms with Crippen molar-refractivity contribution in [2.24, 2.45) is 0 Å². The van der Waals surface area contributed by atoms with Crippen molar-refractivity contribution in [1.29, 1.82) is 0 Å². The molecule has 0 unspecified atom stereocenters. The summed E-state index contributed by atoms with van der Waals surface area (Å²) < 4.78 is 17.9. The molecule has 0 saturated carbocycles. The van der Waals surface area contributed by atoms with Crippen molar-refractivity contribution in [3.05, 3.63) is 12.2 Å². The molecule has 4 nitrogen and oxygen atoms in total. The van der Waals surface area contributed by atoms with E-state index in [1.807, 2.05) is 13.8 Å². The van der Waals surface area contributed by atoms with E-state index in [2.05, 4.69) is 39.7 Å². The summed E-state index contributed by atoms with van der Waals surface area (Å²) in [4.78, 5) is 11.4. The smallest absolute Gasteiger partial charge is 0.333 e. The molecule has 0 heterocycles. The molecule has 0 aliphatic rings. The van der Waals surface area contributed by atoms with Crippen LogP contribution in [0.2, 0.25) is 38.3 Å². The Kier molecular flexibility index (Phi) is 12.1. The summed E-state index contributed by atoms with van der Waals surface area (Å²) >= 11 is 0. The molecule has 150 valence electrons. The van der Waals surface area contributed by atoms with Crippen LogP contribution in [0.3, 0.4) is 0 Å². The molecule has 0 fully saturated rings. The average Bonchev–Trinajstić information content (AvgIpc) is 2.38. The SMILES string of the molecule is C.C=C(C)C(=O)OCCC[Si](C)(C)OC(C)(C)O[Si](C)(C)CCCC. The minimum atomic E-state index is -1.89. The minimum Gasteiger partial charge on any atom is -0.462 e. The summed E-state index contributed by atoms with van der Waals surface area (Å²) in [7, 11) is -3.59. The monoisotopic (exact) mass is 390 g/mol. The number of carbonyl (C=O) groups is 1. The predicted molar refractivity (Wildman–Crippen MR) is 113 cm³/mol. The van der Waals surface area contributed by atoms with Gasteiger partial charge in [0.25, 0.3) is 0 Å². The number of ether oxygens (including phenoxy) is 1. The van der Waals surface area contributed by atoms with Gasteiger partial charge >= 0.3 is 5.97 Å². The molecule has 0 aromatic carbocycles. The molecular weight excluding hydrogens is 348 g/mol. The molecule has 0 saturated heterocycles. The zero-order valence-corrected chi connectivity index (χ0v) is 19.1. The van der Waals surface area contributed by atoms with Crippen molar-refractivity contribution in [2.45, 2.75) is 98.4 Å². The normalized spacial score (nSPS) is 12.5. The van der Waals surface area contributed by atoms with Gasteiger partial charge in [-0.25, -0.2) is 4.79 Å². The number of hydrogen-bond acceptors (Lipinski definition) is 4. The van der Waals surface area contributed by atoms with E-state index in [-0.39, 0.29) is 13.4 Å². The summed E-state index contributed by atoms with van der Waals surface area (Å²) in [5, 5.41) is 0. The van der Waals surface area contributed by atoms with E-state index in [0.717, 1.165) is 18.5 Å². The van der Waals surface area contributed by atoms with Crippen molar-refractivity contribution in [1.82, 2.24) is 0 Å². The highest BCUT2D eigenvalue weighted by Crippen LogP contribution is 2.28. The summed E-state index contributed by atoms with van der Waals surface area (Å²) in [5.74, 6) is -0.865. The van der Waals surface area contributed by atoms with Crippen LogP contribution in [0.5, 0.6) is 0 Å². The zero-order valence-electron chi connectivity index (χ0n) is 17.1. The average molecular weight is 391 g/mol. The lowest BCUT2D eigenvalue weighted by Crippen LogP contribution is -2.48. The third-order valence-corrected chi connectivity index (χ3v) is 8.89. The Labute approximate surface area is 158 Å². The minimum absolute atomic E-state index is 0. The molecule has 0 N–H and O–H groups in total. The molecule has 0 aliphatic carbocycles. The van der Waals surface area contributed by atoms with Gasteiger partial charge in [-0.3, -0.25) is 0 Å². The topological polar surface area (TPSA) is 44.8 Å². The molecule has 0 amide bonds. The third kappa shape index (κ3) is 13.4. The lowest BCUT2D eigenvalue weighted by molar-refractivity contribution is -0.139. The molecule has 0 bridgehead atoms. The van der Waals surface area contributed by atoms with Crippen molar-refractivity contribution < 1.29 is 18.4 Å². The quantitative estimate of drug-likeness (QED) is 0.132. The maximum absolute atomic E-state index is 11.4. The van der Waals surface area contributed by atoms with Gasteiger partial charge in [-0.05, 0) is 65.5 Å². The van der Waals surface area contributed by atoms with Crippen LogP contribution in [0.15, 0.2) is 12.2 Å². The van der Waals surface area contributed by atoms with Gasteiger partial charge in [0.15, 0.2) is 16.6 Å². The highest BCUT2D eigenvalue weighted by Gasteiger charge is 2.36. The molecule has 0 atom stereocenters. The van der Waals surface area contributed by atoms with Crippen LogP contribution in [0.25, 0.3) is 0 Å². The van der Waals surface area contributed by atoms with Crippen LogP contribution in [0, 0.1) is 0 Å². The Hall–Kier alpha value is -0.436. The number of carbonyl (C=O) groups excluding carboxylic acids is 1. The fourth-order valence-corrected chi connectivity index (χ4v) is 8.08. The Bertz CT molecular complexity index is 418. The van der Waals surface area contributed by atoms with Crippen molar-refractivity contribution in [2.75, 3.05) is 6.61 Å². The molecule has 0 aliphatic heterocycles. The number of hydrogen-bond donors (Lipinski definition) is 0. The number of unbranched alkanes of at least 4 members (excludes halogenated alkanes) is 1. The van der Waals surface area contributed by atoms with Gasteiger partial charge in [0.1, 0.15) is 5.79 Å². The Morgan fingerprint density at radius 1 is 1.00 bits per heavy atom. The van der Waals surface area contributed by atoms with E-state index in [1.54, 1.807) is 6.92 Å². The molecule has 0 spiro atoms. The van der Waals surface area contributed by atoms with Crippen LogP contribution in [0.1, 0.15) is 54.4 Å². The van der Waals surface area contributed by atoms with E-state index in [0.29, 0.717) is 12.2 Å². The molecule has 25 heavy (non-hydrogen) atoms. The lowest BCUT2D eigenvalue weighted by atomic mass is 10.4. The maximum atomic E-state index is 11.4. The van der Waals surface area contributed by atoms with Crippen LogP contribution in [0.4, 0.5) is 0 Å². The van der Waals surface area contributed by atoms with E-state index >= 15 is 0 Å². The van der Waals surface area contributed by atoms with Crippen LogP contribution in [-0.4, -0.2) is 35.0 Å². The first-order valence-electron chi connectivity index (χ1n) is 9.03. The number of esters is 1. The van der Waals surface area contributed by atoms with Gasteiger partial charge in [-0.1, -0.05) is 33.8 Å². The van der Waals surface area contributed by atoms with Crippen molar-refractivity contribution >= 4 is 22.6 Å². The first kappa shape index (κ1) is 26.8. The second-order valence-corrected chi connectivity index (χ2v) is 16.7. The zero-order chi connectivity index (χ0) is 19.0. The molecule has 0 rings (SSSR count). The molecule has 0 radical (unpaired) electrons. The lowest BCUT2D eigenvalue weighted by Gasteiger charge is -2.40. The summed E-state index contributed by atoms with van der Waals surface area (Å²) in [6.07, 6.45) is 3.22. The number of rotatable bonds is 12. The molecule has 0 aromatic heterocycles. The first-order valence-corrected chi connectivity index (χ1v) is 15.3. The van der Waals surface area contributed by atoms with Gasteiger partial charge in [-0.2, -0.15) is 0 Å². The van der Waals surface area contributed by atoms with Crippen molar-refractivity contribution in [3.63, 3.8) is 0 Å². The Morgan fingerprint density at radius 3 is 1.84 bits per heavy atom. The van der Waals surface area contributed by atoms with Gasteiger partial charge < -0.3 is 13.6 Å². The summed E-state index contributed by atoms with van der Waals surface area (Å²) in [5.41, 5.74) is 0.441. The van der Waals surface area contributed by atoms with E-state index in [9.17, 15) is 4.79 Å². The van der Waals surface area contributed by atoms with E-state index in [1.165, 1.54) is 12.8 Å². The standard InChI is InChI=1S/C18H38O4Si2.CH4/c1-10-11-14-23(6,7)21-18(4,5)22-24(8,9)15-12-13-20-17(19)16(2)3;/h2,10-15H2,1,3-9H3;1H4. The van der Waals surface area contributed by atoms with Crippen LogP contribution >= 0.6 is 0 Å². The first-order chi connectivity index (χ1) is 10.8. The Morgan fingerprint density at radius 2 is 1.44 bits per heavy atom. The second kappa shape index (κ2) is 11.3. The Balaban J connectivity index is 0. The van der Waals surface area contributed by atoms with Gasteiger partial charge in [0.2, 0.25) is 0 Å². The molecular formula is C19H42O4Si2. The van der Waals surface area contributed by atoms with Crippen molar-refractivity contribution in [3.8, 4) is 0 Å². The largest absolute Gasteiger partial charge is 0.462 e. The molecule has 6 heteroatoms. The van der Waals surface area contributed by atoms with Gasteiger partial charge in [0.05, 0.1) is 6.61 Å². The third-order valence-electron chi connectivity index (χ3n) is 3.68. The summed E-state index contributed by atoms with van der Waals surface area (Å²) in [6, 6.07) is 2.09. The van der Waals surface area contributed by atoms with Crippen LogP contribution < -0.4 is 0 Å². The fourth-order valence-electron chi connectivity index (χ4n) is 2.84. The van der Waals surface area contributed by atoms with E-state index in [4.69, 9.17) is 13.6 Å². The second-order valence-electron chi connectivity index (χ2n) is 8.25.